The highest BCUT2D eigenvalue weighted by Gasteiger charge is 2.17. The van der Waals surface area contributed by atoms with Crippen molar-refractivity contribution in [2.24, 2.45) is 0 Å². The lowest BCUT2D eigenvalue weighted by molar-refractivity contribution is -0.120. The molecule has 0 bridgehead atoms. The summed E-state index contributed by atoms with van der Waals surface area (Å²) in [5.41, 5.74) is 2.18. The van der Waals surface area contributed by atoms with Gasteiger partial charge in [0.15, 0.2) is 0 Å². The third-order valence-electron chi connectivity index (χ3n) is 3.04. The van der Waals surface area contributed by atoms with Gasteiger partial charge in [0.2, 0.25) is 5.91 Å². The van der Waals surface area contributed by atoms with E-state index < -0.39 is 0 Å². The van der Waals surface area contributed by atoms with E-state index in [2.05, 4.69) is 10.6 Å². The first-order chi connectivity index (χ1) is 8.15. The van der Waals surface area contributed by atoms with Crippen LogP contribution in [0.15, 0.2) is 18.2 Å². The highest BCUT2D eigenvalue weighted by molar-refractivity contribution is 6.30. The third kappa shape index (κ3) is 3.37. The Bertz CT molecular complexity index is 420. The van der Waals surface area contributed by atoms with Crippen LogP contribution >= 0.6 is 11.6 Å². The van der Waals surface area contributed by atoms with E-state index in [0.717, 1.165) is 35.7 Å². The molecule has 0 saturated carbocycles. The number of hydrogen-bond acceptors (Lipinski definition) is 2. The van der Waals surface area contributed by atoms with Crippen molar-refractivity contribution in [2.45, 2.75) is 32.2 Å². The largest absolute Gasteiger partial charge is 0.382 e. The molecular weight excluding hydrogens is 236 g/mol. The summed E-state index contributed by atoms with van der Waals surface area (Å²) in [7, 11) is 0. The van der Waals surface area contributed by atoms with Gasteiger partial charge in [0.05, 0.1) is 0 Å². The number of aryl methyl sites for hydroxylation is 1. The molecule has 2 rings (SSSR count). The quantitative estimate of drug-likeness (QED) is 0.850. The lowest BCUT2D eigenvalue weighted by Crippen LogP contribution is -2.27. The minimum atomic E-state index is 0.125. The summed E-state index contributed by atoms with van der Waals surface area (Å²) < 4.78 is 0. The van der Waals surface area contributed by atoms with Gasteiger partial charge in [-0.25, -0.2) is 0 Å². The molecule has 1 aromatic carbocycles. The molecule has 0 aliphatic carbocycles. The highest BCUT2D eigenvalue weighted by atomic mass is 35.5. The van der Waals surface area contributed by atoms with Crippen LogP contribution in [0.2, 0.25) is 5.02 Å². The van der Waals surface area contributed by atoms with Crippen LogP contribution in [0.1, 0.15) is 24.8 Å². The Balaban J connectivity index is 2.08. The summed E-state index contributed by atoms with van der Waals surface area (Å²) in [6.07, 6.45) is 2.56. The van der Waals surface area contributed by atoms with Gasteiger partial charge in [0.1, 0.15) is 0 Å². The van der Waals surface area contributed by atoms with Gasteiger partial charge in [0.25, 0.3) is 0 Å². The number of anilines is 1. The van der Waals surface area contributed by atoms with Crippen LogP contribution in [0, 0.1) is 6.92 Å². The van der Waals surface area contributed by atoms with Crippen molar-refractivity contribution in [2.75, 3.05) is 11.9 Å². The van der Waals surface area contributed by atoms with E-state index in [4.69, 9.17) is 11.6 Å². The Kier molecular flexibility index (Phi) is 3.89. The lowest BCUT2D eigenvalue weighted by atomic mass is 10.1. The van der Waals surface area contributed by atoms with E-state index in [9.17, 15) is 4.79 Å². The molecule has 2 N–H and O–H groups in total. The zero-order valence-electron chi connectivity index (χ0n) is 9.92. The average Bonchev–Trinajstić information content (AvgIpc) is 2.48. The molecule has 1 aromatic rings. The Morgan fingerprint density at radius 1 is 1.47 bits per heavy atom. The van der Waals surface area contributed by atoms with E-state index in [-0.39, 0.29) is 11.9 Å². The van der Waals surface area contributed by atoms with E-state index in [1.165, 1.54) is 0 Å². The van der Waals surface area contributed by atoms with Crippen molar-refractivity contribution >= 4 is 23.2 Å². The number of hydrogen-bond donors (Lipinski definition) is 2. The smallest absolute Gasteiger partial charge is 0.222 e. The van der Waals surface area contributed by atoms with Gasteiger partial charge in [-0.15, -0.1) is 0 Å². The van der Waals surface area contributed by atoms with Crippen LogP contribution in [0.3, 0.4) is 0 Å². The first-order valence-corrected chi connectivity index (χ1v) is 6.32. The molecule has 1 unspecified atom stereocenters. The second-order valence-corrected chi connectivity index (χ2v) is 4.93. The molecular formula is C13H17ClN2O. The summed E-state index contributed by atoms with van der Waals surface area (Å²) in [5.74, 6) is 0.125. The maximum Gasteiger partial charge on any atom is 0.222 e. The number of carbonyl (C=O) groups excluding carboxylic acids is 1. The number of rotatable bonds is 2. The van der Waals surface area contributed by atoms with Crippen molar-refractivity contribution in [3.8, 4) is 0 Å². The molecule has 1 saturated heterocycles. The predicted molar refractivity (Wildman–Crippen MR) is 70.5 cm³/mol. The molecule has 0 aromatic heterocycles. The summed E-state index contributed by atoms with van der Waals surface area (Å²) in [6.45, 7) is 2.82. The van der Waals surface area contributed by atoms with E-state index in [0.29, 0.717) is 6.42 Å². The van der Waals surface area contributed by atoms with E-state index in [1.807, 2.05) is 25.1 Å². The monoisotopic (exact) mass is 252 g/mol. The minimum absolute atomic E-state index is 0.125. The van der Waals surface area contributed by atoms with Crippen molar-refractivity contribution in [1.82, 2.24) is 5.32 Å². The Morgan fingerprint density at radius 2 is 2.29 bits per heavy atom. The van der Waals surface area contributed by atoms with Crippen molar-refractivity contribution in [1.29, 1.82) is 0 Å². The first kappa shape index (κ1) is 12.2. The molecule has 1 aliphatic rings. The number of benzene rings is 1. The zero-order valence-corrected chi connectivity index (χ0v) is 10.7. The highest BCUT2D eigenvalue weighted by Crippen LogP contribution is 2.22. The van der Waals surface area contributed by atoms with Gasteiger partial charge >= 0.3 is 0 Å². The third-order valence-corrected chi connectivity index (χ3v) is 3.28. The fourth-order valence-corrected chi connectivity index (χ4v) is 2.24. The molecule has 17 heavy (non-hydrogen) atoms. The zero-order chi connectivity index (χ0) is 12.3. The Hall–Kier alpha value is -1.22. The molecule has 3 nitrogen and oxygen atoms in total. The molecule has 0 radical (unpaired) electrons. The van der Waals surface area contributed by atoms with Crippen LogP contribution in [0.25, 0.3) is 0 Å². The molecule has 1 fully saturated rings. The fraction of sp³-hybridized carbons (Fsp3) is 0.462. The second kappa shape index (κ2) is 5.41. The van der Waals surface area contributed by atoms with Crippen molar-refractivity contribution in [3.63, 3.8) is 0 Å². The average molecular weight is 253 g/mol. The number of amides is 1. The summed E-state index contributed by atoms with van der Waals surface area (Å²) in [5, 5.41) is 7.02. The summed E-state index contributed by atoms with van der Waals surface area (Å²) in [4.78, 5) is 11.5. The topological polar surface area (TPSA) is 41.1 Å². The summed E-state index contributed by atoms with van der Waals surface area (Å²) >= 11 is 5.98. The van der Waals surface area contributed by atoms with Gasteiger partial charge in [-0.05, 0) is 37.5 Å². The van der Waals surface area contributed by atoms with Crippen molar-refractivity contribution in [3.05, 3.63) is 28.8 Å². The molecule has 0 spiro atoms. The molecule has 1 atom stereocenters. The molecule has 1 heterocycles. The SMILES string of the molecule is Cc1ccc(Cl)cc1NC1CCCNC(=O)C1. The predicted octanol–water partition coefficient (Wildman–Crippen LogP) is 2.73. The minimum Gasteiger partial charge on any atom is -0.382 e. The van der Waals surface area contributed by atoms with Gasteiger partial charge in [-0.2, -0.15) is 0 Å². The van der Waals surface area contributed by atoms with Crippen molar-refractivity contribution < 1.29 is 4.79 Å². The van der Waals surface area contributed by atoms with Gasteiger partial charge < -0.3 is 10.6 Å². The van der Waals surface area contributed by atoms with Gasteiger partial charge in [-0.1, -0.05) is 17.7 Å². The lowest BCUT2D eigenvalue weighted by Gasteiger charge is -2.18. The second-order valence-electron chi connectivity index (χ2n) is 4.50. The van der Waals surface area contributed by atoms with Crippen LogP contribution < -0.4 is 10.6 Å². The molecule has 1 amide bonds. The van der Waals surface area contributed by atoms with Gasteiger partial charge in [0, 0.05) is 29.7 Å². The standard InChI is InChI=1S/C13H17ClN2O/c1-9-4-5-10(14)7-12(9)16-11-3-2-6-15-13(17)8-11/h4-5,7,11,16H,2-3,6,8H2,1H3,(H,15,17). The summed E-state index contributed by atoms with van der Waals surface area (Å²) in [6, 6.07) is 5.98. The number of nitrogens with one attached hydrogen (secondary N) is 2. The van der Waals surface area contributed by atoms with Crippen LogP contribution in [-0.4, -0.2) is 18.5 Å². The van der Waals surface area contributed by atoms with Gasteiger partial charge in [-0.3, -0.25) is 4.79 Å². The normalized spacial score (nSPS) is 20.6. The maximum atomic E-state index is 11.5. The number of halogens is 1. The molecule has 4 heteroatoms. The van der Waals surface area contributed by atoms with Crippen LogP contribution in [0.4, 0.5) is 5.69 Å². The van der Waals surface area contributed by atoms with Crippen LogP contribution in [0.5, 0.6) is 0 Å². The fourth-order valence-electron chi connectivity index (χ4n) is 2.07. The first-order valence-electron chi connectivity index (χ1n) is 5.94. The Labute approximate surface area is 107 Å². The molecule has 92 valence electrons. The Morgan fingerprint density at radius 3 is 3.12 bits per heavy atom. The molecule has 1 aliphatic heterocycles. The van der Waals surface area contributed by atoms with E-state index >= 15 is 0 Å². The maximum absolute atomic E-state index is 11.5. The van der Waals surface area contributed by atoms with Crippen LogP contribution in [-0.2, 0) is 4.79 Å². The number of carbonyl (C=O) groups is 1. The van der Waals surface area contributed by atoms with E-state index in [1.54, 1.807) is 0 Å².